The van der Waals surface area contributed by atoms with Crippen molar-refractivity contribution in [2.45, 2.75) is 38.1 Å². The molecule has 1 saturated carbocycles. The van der Waals surface area contributed by atoms with Crippen LogP contribution in [0, 0.1) is 5.92 Å². The van der Waals surface area contributed by atoms with Gasteiger partial charge in [0.1, 0.15) is 5.01 Å². The lowest BCUT2D eigenvalue weighted by atomic mass is 10.0. The van der Waals surface area contributed by atoms with E-state index < -0.39 is 0 Å². The second-order valence-electron chi connectivity index (χ2n) is 6.52. The maximum absolute atomic E-state index is 12.9. The van der Waals surface area contributed by atoms with Gasteiger partial charge in [-0.25, -0.2) is 9.97 Å². The van der Waals surface area contributed by atoms with Crippen LogP contribution in [0.5, 0.6) is 5.88 Å². The lowest BCUT2D eigenvalue weighted by Crippen LogP contribution is -2.38. The average Bonchev–Trinajstić information content (AvgIpc) is 3.31. The molecule has 1 amide bonds. The van der Waals surface area contributed by atoms with Crippen molar-refractivity contribution < 1.29 is 9.53 Å². The number of piperidine rings is 1. The predicted octanol–water partition coefficient (Wildman–Crippen LogP) is 3.69. The van der Waals surface area contributed by atoms with Gasteiger partial charge in [-0.2, -0.15) is 0 Å². The third-order valence-corrected chi connectivity index (χ3v) is 5.52. The number of likely N-dealkylation sites (tertiary alicyclic amines) is 1. The van der Waals surface area contributed by atoms with Crippen molar-refractivity contribution in [3.8, 4) is 5.88 Å². The zero-order valence-corrected chi connectivity index (χ0v) is 14.4. The van der Waals surface area contributed by atoms with Gasteiger partial charge >= 0.3 is 0 Å². The maximum atomic E-state index is 12.9. The van der Waals surface area contributed by atoms with E-state index in [0.29, 0.717) is 17.4 Å². The van der Waals surface area contributed by atoms with Crippen molar-refractivity contribution in [3.63, 3.8) is 0 Å². The topological polar surface area (TPSA) is 55.3 Å². The molecule has 2 fully saturated rings. The van der Waals surface area contributed by atoms with E-state index in [9.17, 15) is 4.79 Å². The molecule has 1 saturated heterocycles. The lowest BCUT2D eigenvalue weighted by molar-refractivity contribution is 0.0610. The normalized spacial score (nSPS) is 20.8. The van der Waals surface area contributed by atoms with E-state index in [2.05, 4.69) is 9.97 Å². The van der Waals surface area contributed by atoms with Gasteiger partial charge < -0.3 is 9.64 Å². The molecule has 0 radical (unpaired) electrons. The fraction of sp³-hybridized carbons (Fsp3) is 0.500. The van der Waals surface area contributed by atoms with Gasteiger partial charge in [0, 0.05) is 30.4 Å². The molecule has 3 heterocycles. The van der Waals surface area contributed by atoms with Crippen LogP contribution in [-0.4, -0.2) is 33.9 Å². The molecule has 1 unspecified atom stereocenters. The number of amides is 1. The number of aromatic nitrogens is 2. The van der Waals surface area contributed by atoms with Crippen molar-refractivity contribution in [2.24, 2.45) is 5.92 Å². The van der Waals surface area contributed by atoms with E-state index in [1.54, 1.807) is 23.6 Å². The van der Waals surface area contributed by atoms with Crippen molar-refractivity contribution in [2.75, 3.05) is 13.2 Å². The predicted molar refractivity (Wildman–Crippen MR) is 92.2 cm³/mol. The summed E-state index contributed by atoms with van der Waals surface area (Å²) in [6.07, 6.45) is 9.12. The van der Waals surface area contributed by atoms with Crippen LogP contribution < -0.4 is 4.74 Å². The lowest BCUT2D eigenvalue weighted by Gasteiger charge is -2.34. The highest BCUT2D eigenvalue weighted by molar-refractivity contribution is 7.09. The zero-order valence-electron chi connectivity index (χ0n) is 13.6. The Hall–Kier alpha value is -1.95. The van der Waals surface area contributed by atoms with Gasteiger partial charge in [-0.15, -0.1) is 11.3 Å². The Labute approximate surface area is 145 Å². The summed E-state index contributed by atoms with van der Waals surface area (Å²) in [5.74, 6) is 1.34. The number of hydrogen-bond acceptors (Lipinski definition) is 5. The summed E-state index contributed by atoms with van der Waals surface area (Å²) in [4.78, 5) is 23.6. The third-order valence-electron chi connectivity index (χ3n) is 4.65. The summed E-state index contributed by atoms with van der Waals surface area (Å²) in [5, 5.41) is 3.00. The van der Waals surface area contributed by atoms with E-state index >= 15 is 0 Å². The van der Waals surface area contributed by atoms with Gasteiger partial charge in [0.2, 0.25) is 5.88 Å². The van der Waals surface area contributed by atoms with Crippen LogP contribution in [0.2, 0.25) is 0 Å². The third kappa shape index (κ3) is 3.43. The number of ether oxygens (including phenoxy) is 1. The van der Waals surface area contributed by atoms with Gasteiger partial charge in [-0.1, -0.05) is 0 Å². The second kappa shape index (κ2) is 6.89. The molecule has 0 bridgehead atoms. The summed E-state index contributed by atoms with van der Waals surface area (Å²) in [5.41, 5.74) is 0.622. The first-order valence-corrected chi connectivity index (χ1v) is 9.48. The van der Waals surface area contributed by atoms with Crippen LogP contribution in [0.25, 0.3) is 0 Å². The molecule has 1 atom stereocenters. The molecular weight excluding hydrogens is 322 g/mol. The van der Waals surface area contributed by atoms with E-state index in [-0.39, 0.29) is 11.9 Å². The molecule has 1 aliphatic carbocycles. The number of hydrogen-bond donors (Lipinski definition) is 0. The first-order chi connectivity index (χ1) is 11.8. The first kappa shape index (κ1) is 15.6. The smallest absolute Gasteiger partial charge is 0.256 e. The summed E-state index contributed by atoms with van der Waals surface area (Å²) in [6.45, 7) is 1.52. The molecule has 2 aliphatic rings. The Bertz CT molecular complexity index is 683. The van der Waals surface area contributed by atoms with E-state index in [0.717, 1.165) is 37.4 Å². The van der Waals surface area contributed by atoms with Gasteiger partial charge in [-0.05, 0) is 44.1 Å². The molecule has 4 rings (SSSR count). The van der Waals surface area contributed by atoms with Crippen LogP contribution in [0.15, 0.2) is 29.9 Å². The van der Waals surface area contributed by atoms with Gasteiger partial charge in [0.05, 0.1) is 18.2 Å². The van der Waals surface area contributed by atoms with Crippen LogP contribution in [0.3, 0.4) is 0 Å². The number of carbonyl (C=O) groups excluding carboxylic acids is 1. The number of thiazole rings is 1. The van der Waals surface area contributed by atoms with Crippen LogP contribution in [0.1, 0.15) is 53.5 Å². The van der Waals surface area contributed by atoms with Crippen molar-refractivity contribution in [3.05, 3.63) is 40.5 Å². The monoisotopic (exact) mass is 343 g/mol. The van der Waals surface area contributed by atoms with Gasteiger partial charge in [0.15, 0.2) is 0 Å². The molecule has 2 aromatic heterocycles. The van der Waals surface area contributed by atoms with Crippen molar-refractivity contribution >= 4 is 17.2 Å². The Kier molecular flexibility index (Phi) is 4.47. The minimum absolute atomic E-state index is 0.0381. The van der Waals surface area contributed by atoms with Gasteiger partial charge in [0.25, 0.3) is 5.91 Å². The molecule has 6 heteroatoms. The Morgan fingerprint density at radius 2 is 2.17 bits per heavy atom. The summed E-state index contributed by atoms with van der Waals surface area (Å²) >= 11 is 1.62. The molecule has 2 aromatic rings. The van der Waals surface area contributed by atoms with Crippen molar-refractivity contribution in [1.82, 2.24) is 14.9 Å². The van der Waals surface area contributed by atoms with Crippen LogP contribution >= 0.6 is 11.3 Å². The van der Waals surface area contributed by atoms with E-state index in [4.69, 9.17) is 4.74 Å². The van der Waals surface area contributed by atoms with Crippen LogP contribution in [0.4, 0.5) is 0 Å². The molecule has 0 aromatic carbocycles. The molecule has 0 N–H and O–H groups in total. The Morgan fingerprint density at radius 3 is 2.88 bits per heavy atom. The van der Waals surface area contributed by atoms with E-state index in [1.165, 1.54) is 12.8 Å². The highest BCUT2D eigenvalue weighted by Crippen LogP contribution is 2.33. The maximum Gasteiger partial charge on any atom is 0.256 e. The highest BCUT2D eigenvalue weighted by atomic mass is 32.1. The first-order valence-electron chi connectivity index (χ1n) is 8.60. The minimum atomic E-state index is 0.0381. The number of nitrogens with zero attached hydrogens (tertiary/aromatic N) is 3. The van der Waals surface area contributed by atoms with E-state index in [1.807, 2.05) is 22.5 Å². The molecule has 126 valence electrons. The highest BCUT2D eigenvalue weighted by Gasteiger charge is 2.30. The summed E-state index contributed by atoms with van der Waals surface area (Å²) < 4.78 is 5.65. The SMILES string of the molecule is O=C(c1ccc(OCC2CC2)nc1)N1CCCCC1c1nccs1. The molecule has 0 spiro atoms. The number of rotatable bonds is 5. The number of pyridine rings is 1. The Balaban J connectivity index is 1.46. The zero-order chi connectivity index (χ0) is 16.4. The molecular formula is C18H21N3O2S. The number of carbonyl (C=O) groups is 1. The summed E-state index contributed by atoms with van der Waals surface area (Å²) in [6, 6.07) is 3.72. The summed E-state index contributed by atoms with van der Waals surface area (Å²) in [7, 11) is 0. The quantitative estimate of drug-likeness (QED) is 0.831. The second-order valence-corrected chi connectivity index (χ2v) is 7.45. The van der Waals surface area contributed by atoms with Crippen molar-refractivity contribution in [1.29, 1.82) is 0 Å². The largest absolute Gasteiger partial charge is 0.477 e. The molecule has 5 nitrogen and oxygen atoms in total. The average molecular weight is 343 g/mol. The fourth-order valence-corrected chi connectivity index (χ4v) is 3.86. The molecule has 1 aliphatic heterocycles. The molecule has 24 heavy (non-hydrogen) atoms. The fourth-order valence-electron chi connectivity index (χ4n) is 3.08. The minimum Gasteiger partial charge on any atom is -0.477 e. The van der Waals surface area contributed by atoms with Gasteiger partial charge in [-0.3, -0.25) is 4.79 Å². The Morgan fingerprint density at radius 1 is 1.25 bits per heavy atom. The van der Waals surface area contributed by atoms with Crippen LogP contribution in [-0.2, 0) is 0 Å². The standard InChI is InChI=1S/C18H21N3O2S/c22-18(14-6-7-16(20-11-14)23-12-13-4-5-13)21-9-2-1-3-15(21)17-19-8-10-24-17/h6-8,10-11,13,15H,1-5,9,12H2.